The summed E-state index contributed by atoms with van der Waals surface area (Å²) in [5.74, 6) is 0.905. The van der Waals surface area contributed by atoms with Crippen LogP contribution in [0.3, 0.4) is 0 Å². The van der Waals surface area contributed by atoms with Crippen LogP contribution in [0.1, 0.15) is 25.7 Å². The number of benzene rings is 1. The third-order valence-corrected chi connectivity index (χ3v) is 5.42. The molecule has 6 heteroatoms. The van der Waals surface area contributed by atoms with Crippen molar-refractivity contribution in [2.24, 2.45) is 0 Å². The molecule has 2 fully saturated rings. The highest BCUT2D eigenvalue weighted by atomic mass is 79.9. The zero-order chi connectivity index (χ0) is 15.9. The van der Waals surface area contributed by atoms with Crippen LogP contribution in [0.5, 0.6) is 5.75 Å². The predicted octanol–water partition coefficient (Wildman–Crippen LogP) is 2.90. The first-order valence-electron chi connectivity index (χ1n) is 8.13. The Balaban J connectivity index is 1.76. The molecule has 1 aromatic carbocycles. The van der Waals surface area contributed by atoms with Gasteiger partial charge in [0.05, 0.1) is 38.0 Å². The topological polar surface area (TPSA) is 48.0 Å². The van der Waals surface area contributed by atoms with Crippen LogP contribution in [0.15, 0.2) is 22.7 Å². The van der Waals surface area contributed by atoms with E-state index in [1.807, 2.05) is 23.1 Å². The van der Waals surface area contributed by atoms with Gasteiger partial charge in [-0.25, -0.2) is 0 Å². The van der Waals surface area contributed by atoms with E-state index in [9.17, 15) is 4.79 Å². The summed E-state index contributed by atoms with van der Waals surface area (Å²) in [5.41, 5.74) is 0.413. The van der Waals surface area contributed by atoms with Crippen LogP contribution < -0.4 is 9.64 Å². The molecule has 2 saturated heterocycles. The molecule has 23 heavy (non-hydrogen) atoms. The van der Waals surface area contributed by atoms with Gasteiger partial charge in [-0.3, -0.25) is 4.79 Å². The number of ether oxygens (including phenoxy) is 3. The van der Waals surface area contributed by atoms with E-state index in [0.29, 0.717) is 32.8 Å². The Morgan fingerprint density at radius 3 is 2.74 bits per heavy atom. The molecule has 0 aromatic heterocycles. The lowest BCUT2D eigenvalue weighted by atomic mass is 9.90. The summed E-state index contributed by atoms with van der Waals surface area (Å²) < 4.78 is 18.4. The van der Waals surface area contributed by atoms with Crippen LogP contribution in [-0.2, 0) is 14.3 Å². The van der Waals surface area contributed by atoms with Crippen molar-refractivity contribution >= 4 is 27.5 Å². The van der Waals surface area contributed by atoms with Gasteiger partial charge in [0.15, 0.2) is 0 Å². The van der Waals surface area contributed by atoms with Gasteiger partial charge in [-0.15, -0.1) is 0 Å². The van der Waals surface area contributed by atoms with Gasteiger partial charge in [0.2, 0.25) is 5.91 Å². The van der Waals surface area contributed by atoms with Gasteiger partial charge in [0.25, 0.3) is 0 Å². The maximum absolute atomic E-state index is 13.1. The van der Waals surface area contributed by atoms with E-state index in [-0.39, 0.29) is 11.9 Å². The third kappa shape index (κ3) is 2.88. The molecule has 0 N–H and O–H groups in total. The van der Waals surface area contributed by atoms with Gasteiger partial charge in [0, 0.05) is 23.9 Å². The van der Waals surface area contributed by atoms with E-state index in [1.54, 1.807) is 0 Å². The van der Waals surface area contributed by atoms with Gasteiger partial charge >= 0.3 is 0 Å². The van der Waals surface area contributed by atoms with Crippen LogP contribution in [0, 0.1) is 0 Å². The molecule has 3 aliphatic rings. The molecule has 1 spiro atoms. The fourth-order valence-corrected chi connectivity index (χ4v) is 4.02. The summed E-state index contributed by atoms with van der Waals surface area (Å²) in [5, 5.41) is 0. The minimum Gasteiger partial charge on any atom is -0.484 e. The highest BCUT2D eigenvalue weighted by Crippen LogP contribution is 2.43. The molecule has 124 valence electrons. The number of fused-ring (bicyclic) bond motifs is 1. The Morgan fingerprint density at radius 1 is 1.17 bits per heavy atom. The number of carbonyl (C=O) groups excluding carboxylic acids is 1. The molecule has 3 aliphatic heterocycles. The molecule has 0 saturated carbocycles. The van der Waals surface area contributed by atoms with E-state index in [1.165, 1.54) is 0 Å². The number of hydrogen-bond acceptors (Lipinski definition) is 4. The number of halogens is 1. The largest absolute Gasteiger partial charge is 0.484 e. The van der Waals surface area contributed by atoms with Crippen molar-refractivity contribution in [2.45, 2.75) is 37.3 Å². The number of anilines is 1. The van der Waals surface area contributed by atoms with Crippen LogP contribution in [0.4, 0.5) is 5.69 Å². The van der Waals surface area contributed by atoms with Crippen molar-refractivity contribution in [2.75, 3.05) is 31.3 Å². The zero-order valence-corrected chi connectivity index (χ0v) is 14.5. The highest BCUT2D eigenvalue weighted by molar-refractivity contribution is 9.10. The normalized spacial score (nSPS) is 26.7. The SMILES string of the molecule is O=C1CC2(CCOCC2)Oc2cc(Br)ccc2N1[C@H]1CCOC1. The zero-order valence-electron chi connectivity index (χ0n) is 12.9. The number of rotatable bonds is 1. The summed E-state index contributed by atoms with van der Waals surface area (Å²) in [7, 11) is 0. The highest BCUT2D eigenvalue weighted by Gasteiger charge is 2.44. The van der Waals surface area contributed by atoms with E-state index < -0.39 is 5.60 Å². The molecule has 1 aromatic rings. The number of hydrogen-bond donors (Lipinski definition) is 0. The minimum absolute atomic E-state index is 0.0982. The molecule has 0 bridgehead atoms. The van der Waals surface area contributed by atoms with Crippen LogP contribution in [-0.4, -0.2) is 44.0 Å². The number of carbonyl (C=O) groups is 1. The molecule has 3 heterocycles. The van der Waals surface area contributed by atoms with Gasteiger partial charge in [-0.2, -0.15) is 0 Å². The quantitative estimate of drug-likeness (QED) is 0.750. The molecular weight excluding hydrogens is 362 g/mol. The van der Waals surface area contributed by atoms with Crippen LogP contribution >= 0.6 is 15.9 Å². The van der Waals surface area contributed by atoms with Crippen molar-refractivity contribution in [1.29, 1.82) is 0 Å². The molecule has 4 rings (SSSR count). The Kier molecular flexibility index (Phi) is 4.07. The van der Waals surface area contributed by atoms with E-state index in [0.717, 1.165) is 35.2 Å². The Morgan fingerprint density at radius 2 is 2.00 bits per heavy atom. The third-order valence-electron chi connectivity index (χ3n) is 4.92. The first kappa shape index (κ1) is 15.4. The smallest absolute Gasteiger partial charge is 0.231 e. The second-order valence-electron chi connectivity index (χ2n) is 6.47. The van der Waals surface area contributed by atoms with Crippen LogP contribution in [0.25, 0.3) is 0 Å². The fraction of sp³-hybridized carbons (Fsp3) is 0.588. The van der Waals surface area contributed by atoms with Crippen molar-refractivity contribution < 1.29 is 19.0 Å². The molecule has 5 nitrogen and oxygen atoms in total. The van der Waals surface area contributed by atoms with Gasteiger partial charge in [-0.1, -0.05) is 15.9 Å². The molecular formula is C17H20BrNO4. The monoisotopic (exact) mass is 381 g/mol. The minimum atomic E-state index is -0.445. The van der Waals surface area contributed by atoms with E-state index >= 15 is 0 Å². The van der Waals surface area contributed by atoms with Gasteiger partial charge in [-0.05, 0) is 24.6 Å². The predicted molar refractivity (Wildman–Crippen MR) is 88.9 cm³/mol. The summed E-state index contributed by atoms with van der Waals surface area (Å²) in [6.07, 6.45) is 2.77. The second kappa shape index (κ2) is 6.07. The second-order valence-corrected chi connectivity index (χ2v) is 7.38. The summed E-state index contributed by atoms with van der Waals surface area (Å²) >= 11 is 3.51. The summed E-state index contributed by atoms with van der Waals surface area (Å²) in [4.78, 5) is 15.0. The first-order chi connectivity index (χ1) is 11.2. The Labute approximate surface area is 144 Å². The van der Waals surface area contributed by atoms with Crippen molar-refractivity contribution in [1.82, 2.24) is 0 Å². The number of amides is 1. The van der Waals surface area contributed by atoms with E-state index in [4.69, 9.17) is 14.2 Å². The lowest BCUT2D eigenvalue weighted by Crippen LogP contribution is -2.47. The van der Waals surface area contributed by atoms with Crippen molar-refractivity contribution in [3.63, 3.8) is 0 Å². The van der Waals surface area contributed by atoms with Crippen molar-refractivity contribution in [3.8, 4) is 5.75 Å². The lowest BCUT2D eigenvalue weighted by molar-refractivity contribution is -0.125. The molecule has 0 unspecified atom stereocenters. The van der Waals surface area contributed by atoms with Gasteiger partial charge in [0.1, 0.15) is 11.4 Å². The van der Waals surface area contributed by atoms with Crippen molar-refractivity contribution in [3.05, 3.63) is 22.7 Å². The standard InChI is InChI=1S/C17H20BrNO4/c18-12-1-2-14-15(9-12)23-17(4-7-21-8-5-17)10-16(20)19(14)13-3-6-22-11-13/h1-2,9,13H,3-8,10-11H2/t13-/m0/s1. The lowest BCUT2D eigenvalue weighted by Gasteiger charge is -2.35. The molecule has 0 radical (unpaired) electrons. The maximum Gasteiger partial charge on any atom is 0.231 e. The Bertz CT molecular complexity index is 609. The van der Waals surface area contributed by atoms with Gasteiger partial charge < -0.3 is 19.1 Å². The first-order valence-corrected chi connectivity index (χ1v) is 8.92. The summed E-state index contributed by atoms with van der Waals surface area (Å²) in [6, 6.07) is 5.99. The molecule has 1 atom stereocenters. The molecule has 0 aliphatic carbocycles. The summed E-state index contributed by atoms with van der Waals surface area (Å²) in [6.45, 7) is 2.59. The van der Waals surface area contributed by atoms with Crippen LogP contribution in [0.2, 0.25) is 0 Å². The Hall–Kier alpha value is -1.11. The molecule has 1 amide bonds. The maximum atomic E-state index is 13.1. The number of nitrogens with zero attached hydrogens (tertiary/aromatic N) is 1. The average molecular weight is 382 g/mol. The average Bonchev–Trinajstić information content (AvgIpc) is 3.01. The van der Waals surface area contributed by atoms with E-state index in [2.05, 4.69) is 15.9 Å². The fourth-order valence-electron chi connectivity index (χ4n) is 3.68.